The number of alkyl carbamates (subject to hydrolysis) is 1. The molecule has 9 nitrogen and oxygen atoms in total. The minimum Gasteiger partial charge on any atom is -0.444 e. The predicted molar refractivity (Wildman–Crippen MR) is 134 cm³/mol. The topological polar surface area (TPSA) is 106 Å². The van der Waals surface area contributed by atoms with Crippen molar-refractivity contribution in [2.24, 2.45) is 5.92 Å². The molecule has 3 heterocycles. The summed E-state index contributed by atoms with van der Waals surface area (Å²) in [6.07, 6.45) is 3.05. The first kappa shape index (κ1) is 25.1. The van der Waals surface area contributed by atoms with E-state index in [1.54, 1.807) is 37.8 Å². The molecule has 3 aliphatic heterocycles. The number of aryl methyl sites for hydroxylation is 1. The van der Waals surface area contributed by atoms with Crippen molar-refractivity contribution < 1.29 is 23.5 Å². The zero-order chi connectivity index (χ0) is 26.9. The van der Waals surface area contributed by atoms with Crippen LogP contribution >= 0.6 is 0 Å². The first-order valence-corrected chi connectivity index (χ1v) is 13.6. The molecule has 2 bridgehead atoms. The molecule has 3 amide bonds. The number of fused-ring (bicyclic) bond motifs is 4. The molecule has 6 unspecified atom stereocenters. The Labute approximate surface area is 221 Å². The van der Waals surface area contributed by atoms with E-state index in [1.165, 1.54) is 6.07 Å². The van der Waals surface area contributed by atoms with Gasteiger partial charge in [0.1, 0.15) is 23.5 Å². The van der Waals surface area contributed by atoms with Crippen molar-refractivity contribution in [2.75, 3.05) is 13.1 Å². The zero-order valence-electron chi connectivity index (χ0n) is 22.0. The summed E-state index contributed by atoms with van der Waals surface area (Å²) in [6.45, 7) is 6.04. The number of benzene rings is 1. The molecule has 1 aromatic rings. The van der Waals surface area contributed by atoms with Crippen LogP contribution in [0.15, 0.2) is 18.2 Å². The molecular formula is C28H34FN5O4. The summed E-state index contributed by atoms with van der Waals surface area (Å²) < 4.78 is 19.2. The minimum atomic E-state index is -0.921. The average molecular weight is 524 g/mol. The van der Waals surface area contributed by atoms with Gasteiger partial charge in [-0.15, -0.1) is 0 Å². The van der Waals surface area contributed by atoms with Gasteiger partial charge in [0.25, 0.3) is 0 Å². The molecule has 202 valence electrons. The van der Waals surface area contributed by atoms with Gasteiger partial charge in [-0.3, -0.25) is 14.5 Å². The lowest BCUT2D eigenvalue weighted by Crippen LogP contribution is -2.59. The summed E-state index contributed by atoms with van der Waals surface area (Å²) in [5.41, 5.74) is 1.26. The van der Waals surface area contributed by atoms with Crippen molar-refractivity contribution >= 4 is 17.9 Å². The Hall–Kier alpha value is -3.19. The number of nitrogens with one attached hydrogen (secondary N) is 1. The van der Waals surface area contributed by atoms with Crippen molar-refractivity contribution in [3.63, 3.8) is 0 Å². The third-order valence-electron chi connectivity index (χ3n) is 8.72. The number of ether oxygens (including phenoxy) is 1. The first-order valence-electron chi connectivity index (χ1n) is 13.6. The van der Waals surface area contributed by atoms with Gasteiger partial charge in [-0.25, -0.2) is 9.18 Å². The van der Waals surface area contributed by atoms with E-state index in [4.69, 9.17) is 4.74 Å². The van der Waals surface area contributed by atoms with Crippen molar-refractivity contribution in [3.8, 4) is 6.07 Å². The van der Waals surface area contributed by atoms with Crippen molar-refractivity contribution in [1.29, 1.82) is 5.26 Å². The van der Waals surface area contributed by atoms with E-state index in [0.717, 1.165) is 30.4 Å². The van der Waals surface area contributed by atoms with Crippen LogP contribution in [-0.4, -0.2) is 81.5 Å². The summed E-state index contributed by atoms with van der Waals surface area (Å²) in [5, 5.41) is 12.4. The maximum absolute atomic E-state index is 13.7. The van der Waals surface area contributed by atoms with Gasteiger partial charge >= 0.3 is 6.09 Å². The number of nitriles is 1. The molecule has 1 aromatic carbocycles. The Morgan fingerprint density at radius 1 is 1.24 bits per heavy atom. The highest BCUT2D eigenvalue weighted by molar-refractivity contribution is 5.89. The number of piperazine rings is 1. The van der Waals surface area contributed by atoms with Crippen LogP contribution in [0.1, 0.15) is 63.6 Å². The number of rotatable bonds is 5. The molecular weight excluding hydrogens is 489 g/mol. The van der Waals surface area contributed by atoms with Gasteiger partial charge in [0.05, 0.1) is 18.2 Å². The second-order valence-electron chi connectivity index (χ2n) is 12.4. The summed E-state index contributed by atoms with van der Waals surface area (Å²) in [4.78, 5) is 45.6. The number of hydrogen-bond donors (Lipinski definition) is 1. The highest BCUT2D eigenvalue weighted by Crippen LogP contribution is 2.48. The standard InChI is InChI=1S/C28H34FN5O4/c1-28(2,3)38-27(37)31-21(25(35)33-18(12-30)9-16-10-23(16)33)14-32-13-19-11-24(32)26(36)34(19)22-7-4-15-8-17(29)5-6-20(15)22/h5-6,8,16,18-19,21-24H,4,7,9-11,13-14H2,1-3H3,(H,31,37)/t16?,18?,19-,21?,22?,23?,24?/m0/s1. The van der Waals surface area contributed by atoms with E-state index in [1.807, 2.05) is 9.80 Å². The normalized spacial score (nSPS) is 32.1. The number of likely N-dealkylation sites (tertiary alicyclic amines) is 3. The molecule has 5 aliphatic rings. The SMILES string of the molecule is CC(C)(C)OC(=O)NC(CN1C[C@@H]2CC1C(=O)N2C1CCc2cc(F)ccc21)C(=O)N1C(C#N)CC2CC21. The van der Waals surface area contributed by atoms with Crippen LogP contribution < -0.4 is 5.32 Å². The van der Waals surface area contributed by atoms with Gasteiger partial charge in [-0.05, 0) is 82.1 Å². The number of nitrogens with zero attached hydrogens (tertiary/aromatic N) is 4. The molecule has 0 radical (unpaired) electrons. The van der Waals surface area contributed by atoms with Crippen LogP contribution in [0.4, 0.5) is 9.18 Å². The van der Waals surface area contributed by atoms with Crippen LogP contribution in [-0.2, 0) is 20.7 Å². The molecule has 4 fully saturated rings. The van der Waals surface area contributed by atoms with E-state index in [2.05, 4.69) is 11.4 Å². The zero-order valence-corrected chi connectivity index (χ0v) is 22.0. The molecule has 10 heteroatoms. The van der Waals surface area contributed by atoms with Gasteiger partial charge in [0.15, 0.2) is 0 Å². The fourth-order valence-electron chi connectivity index (χ4n) is 7.09. The van der Waals surface area contributed by atoms with Crippen molar-refractivity contribution in [2.45, 2.75) is 94.7 Å². The quantitative estimate of drug-likeness (QED) is 0.636. The van der Waals surface area contributed by atoms with Gasteiger partial charge in [0, 0.05) is 25.2 Å². The lowest BCUT2D eigenvalue weighted by molar-refractivity contribution is -0.141. The van der Waals surface area contributed by atoms with Crippen LogP contribution in [0, 0.1) is 23.1 Å². The molecule has 2 aliphatic carbocycles. The fourth-order valence-corrected chi connectivity index (χ4v) is 7.09. The Morgan fingerprint density at radius 3 is 2.74 bits per heavy atom. The van der Waals surface area contributed by atoms with Gasteiger partial charge in [-0.2, -0.15) is 5.26 Å². The second kappa shape index (κ2) is 8.94. The van der Waals surface area contributed by atoms with E-state index >= 15 is 0 Å². The Morgan fingerprint density at radius 2 is 2.03 bits per heavy atom. The molecule has 6 rings (SSSR count). The summed E-state index contributed by atoms with van der Waals surface area (Å²) in [7, 11) is 0. The molecule has 0 aromatic heterocycles. The van der Waals surface area contributed by atoms with E-state index in [-0.39, 0.29) is 48.3 Å². The first-order chi connectivity index (χ1) is 18.0. The number of carbonyl (C=O) groups is 3. The third kappa shape index (κ3) is 4.31. The largest absolute Gasteiger partial charge is 0.444 e. The summed E-state index contributed by atoms with van der Waals surface area (Å²) in [5.74, 6) is -0.171. The van der Waals surface area contributed by atoms with Crippen LogP contribution in [0.3, 0.4) is 0 Å². The molecule has 1 N–H and O–H groups in total. The number of hydrogen-bond acceptors (Lipinski definition) is 6. The summed E-state index contributed by atoms with van der Waals surface area (Å²) in [6, 6.07) is 5.27. The molecule has 1 saturated carbocycles. The molecule has 38 heavy (non-hydrogen) atoms. The number of carbonyl (C=O) groups excluding carboxylic acids is 3. The highest BCUT2D eigenvalue weighted by atomic mass is 19.1. The predicted octanol–water partition coefficient (Wildman–Crippen LogP) is 2.50. The van der Waals surface area contributed by atoms with Crippen molar-refractivity contribution in [3.05, 3.63) is 35.1 Å². The van der Waals surface area contributed by atoms with Gasteiger partial charge < -0.3 is 19.9 Å². The van der Waals surface area contributed by atoms with Crippen LogP contribution in [0.2, 0.25) is 0 Å². The minimum absolute atomic E-state index is 0.00256. The summed E-state index contributed by atoms with van der Waals surface area (Å²) >= 11 is 0. The molecule has 3 saturated heterocycles. The van der Waals surface area contributed by atoms with Crippen molar-refractivity contribution in [1.82, 2.24) is 20.0 Å². The number of halogens is 1. The van der Waals surface area contributed by atoms with E-state index in [9.17, 15) is 24.0 Å². The van der Waals surface area contributed by atoms with Gasteiger partial charge in [-0.1, -0.05) is 6.07 Å². The Balaban J connectivity index is 1.18. The lowest BCUT2D eigenvalue weighted by atomic mass is 10.1. The highest BCUT2D eigenvalue weighted by Gasteiger charge is 2.57. The monoisotopic (exact) mass is 523 g/mol. The molecule has 0 spiro atoms. The van der Waals surface area contributed by atoms with E-state index < -0.39 is 23.8 Å². The maximum Gasteiger partial charge on any atom is 0.408 e. The third-order valence-corrected chi connectivity index (χ3v) is 8.72. The Kier molecular flexibility index (Phi) is 5.91. The maximum atomic E-state index is 13.7. The van der Waals surface area contributed by atoms with Crippen LogP contribution in [0.25, 0.3) is 0 Å². The molecule has 7 atom stereocenters. The smallest absolute Gasteiger partial charge is 0.408 e. The van der Waals surface area contributed by atoms with Crippen LogP contribution in [0.5, 0.6) is 0 Å². The Bertz CT molecular complexity index is 1220. The number of piperidine rings is 1. The fraction of sp³-hybridized carbons (Fsp3) is 0.643. The average Bonchev–Trinajstić information content (AvgIpc) is 3.17. The van der Waals surface area contributed by atoms with E-state index in [0.29, 0.717) is 25.3 Å². The van der Waals surface area contributed by atoms with Gasteiger partial charge in [0.2, 0.25) is 11.8 Å². The lowest BCUT2D eigenvalue weighted by Gasteiger charge is -2.39. The number of amides is 3. The second-order valence-corrected chi connectivity index (χ2v) is 12.4.